The zero-order valence-corrected chi connectivity index (χ0v) is 10.6. The van der Waals surface area contributed by atoms with Crippen LogP contribution in [0.4, 0.5) is 15.8 Å². The Morgan fingerprint density at radius 3 is 2.16 bits per heavy atom. The third-order valence-corrected chi connectivity index (χ3v) is 2.86. The van der Waals surface area contributed by atoms with Gasteiger partial charge in [0.1, 0.15) is 5.82 Å². The predicted octanol–water partition coefficient (Wildman–Crippen LogP) is 3.57. The molecule has 0 aliphatic rings. The summed E-state index contributed by atoms with van der Waals surface area (Å²) in [6.07, 6.45) is 0.648. The molecule has 1 amide bonds. The van der Waals surface area contributed by atoms with Crippen molar-refractivity contribution >= 4 is 17.8 Å². The highest BCUT2D eigenvalue weighted by Gasteiger charge is 2.05. The van der Waals surface area contributed by atoms with E-state index in [0.717, 1.165) is 16.9 Å². The number of anilines is 2. The first kappa shape index (κ1) is 13.1. The van der Waals surface area contributed by atoms with Gasteiger partial charge in [-0.05, 0) is 48.9 Å². The van der Waals surface area contributed by atoms with Crippen LogP contribution in [0.25, 0.3) is 0 Å². The molecule has 0 aliphatic heterocycles. The molecule has 0 aromatic heterocycles. The molecule has 2 aromatic carbocycles. The van der Waals surface area contributed by atoms with Crippen LogP contribution in [0, 0.1) is 5.82 Å². The Balaban J connectivity index is 2.04. The van der Waals surface area contributed by atoms with Crippen LogP contribution < -0.4 is 10.6 Å². The lowest BCUT2D eigenvalue weighted by molar-refractivity contribution is -0.105. The maximum atomic E-state index is 12.8. The zero-order valence-electron chi connectivity index (χ0n) is 10.6. The lowest BCUT2D eigenvalue weighted by atomic mass is 10.1. The number of hydrogen-bond acceptors (Lipinski definition) is 2. The molecule has 0 bridgehead atoms. The third kappa shape index (κ3) is 3.55. The summed E-state index contributed by atoms with van der Waals surface area (Å²) in [6.45, 7) is 2.02. The molecule has 4 heteroatoms. The Morgan fingerprint density at radius 2 is 1.58 bits per heavy atom. The SMILES string of the molecule is CC(Nc1ccc(F)cc1)c1ccc(NC=O)cc1. The van der Waals surface area contributed by atoms with Crippen molar-refractivity contribution in [1.82, 2.24) is 0 Å². The number of rotatable bonds is 5. The van der Waals surface area contributed by atoms with E-state index in [2.05, 4.69) is 10.6 Å². The molecule has 2 rings (SSSR count). The van der Waals surface area contributed by atoms with Crippen molar-refractivity contribution in [3.63, 3.8) is 0 Å². The Hall–Kier alpha value is -2.36. The topological polar surface area (TPSA) is 41.1 Å². The van der Waals surface area contributed by atoms with Crippen LogP contribution in [-0.2, 0) is 4.79 Å². The van der Waals surface area contributed by atoms with Crippen molar-refractivity contribution < 1.29 is 9.18 Å². The summed E-state index contributed by atoms with van der Waals surface area (Å²) < 4.78 is 12.8. The van der Waals surface area contributed by atoms with Crippen LogP contribution in [0.15, 0.2) is 48.5 Å². The van der Waals surface area contributed by atoms with Crippen LogP contribution in [0.3, 0.4) is 0 Å². The molecule has 1 unspecified atom stereocenters. The quantitative estimate of drug-likeness (QED) is 0.805. The highest BCUT2D eigenvalue weighted by Crippen LogP contribution is 2.20. The van der Waals surface area contributed by atoms with E-state index in [0.29, 0.717) is 6.41 Å². The van der Waals surface area contributed by atoms with Gasteiger partial charge in [0, 0.05) is 17.4 Å². The van der Waals surface area contributed by atoms with Crippen molar-refractivity contribution in [1.29, 1.82) is 0 Å². The van der Waals surface area contributed by atoms with E-state index in [9.17, 15) is 9.18 Å². The number of halogens is 1. The summed E-state index contributed by atoms with van der Waals surface area (Å²) >= 11 is 0. The number of nitrogens with one attached hydrogen (secondary N) is 2. The summed E-state index contributed by atoms with van der Waals surface area (Å²) in [5, 5.41) is 5.87. The van der Waals surface area contributed by atoms with Gasteiger partial charge in [-0.1, -0.05) is 12.1 Å². The van der Waals surface area contributed by atoms with Crippen LogP contribution in [0.5, 0.6) is 0 Å². The molecule has 3 nitrogen and oxygen atoms in total. The van der Waals surface area contributed by atoms with Gasteiger partial charge in [-0.2, -0.15) is 0 Å². The lowest BCUT2D eigenvalue weighted by Gasteiger charge is -2.16. The number of carbonyl (C=O) groups excluding carboxylic acids is 1. The molecule has 0 spiro atoms. The molecule has 0 radical (unpaired) electrons. The average Bonchev–Trinajstić information content (AvgIpc) is 2.42. The molecule has 0 heterocycles. The molecule has 1 atom stereocenters. The zero-order chi connectivity index (χ0) is 13.7. The summed E-state index contributed by atoms with van der Waals surface area (Å²) in [6, 6.07) is 13.9. The van der Waals surface area contributed by atoms with E-state index >= 15 is 0 Å². The molecule has 0 fully saturated rings. The second-order valence-electron chi connectivity index (χ2n) is 4.26. The van der Waals surface area contributed by atoms with E-state index in [1.54, 1.807) is 12.1 Å². The summed E-state index contributed by atoms with van der Waals surface area (Å²) in [5.41, 5.74) is 2.71. The largest absolute Gasteiger partial charge is 0.379 e. The molecule has 19 heavy (non-hydrogen) atoms. The van der Waals surface area contributed by atoms with E-state index in [1.807, 2.05) is 31.2 Å². The first-order chi connectivity index (χ1) is 9.19. The van der Waals surface area contributed by atoms with E-state index in [1.165, 1.54) is 12.1 Å². The van der Waals surface area contributed by atoms with E-state index in [-0.39, 0.29) is 11.9 Å². The maximum absolute atomic E-state index is 12.8. The number of amides is 1. The molecule has 2 N–H and O–H groups in total. The first-order valence-electron chi connectivity index (χ1n) is 6.01. The van der Waals surface area contributed by atoms with Gasteiger partial charge in [0.05, 0.1) is 0 Å². The minimum Gasteiger partial charge on any atom is -0.379 e. The Morgan fingerprint density at radius 1 is 1.00 bits per heavy atom. The van der Waals surface area contributed by atoms with Gasteiger partial charge in [0.15, 0.2) is 0 Å². The van der Waals surface area contributed by atoms with Gasteiger partial charge < -0.3 is 10.6 Å². The van der Waals surface area contributed by atoms with Gasteiger partial charge in [-0.3, -0.25) is 4.79 Å². The Labute approximate surface area is 111 Å². The minimum atomic E-state index is -0.248. The van der Waals surface area contributed by atoms with Crippen molar-refractivity contribution in [3.8, 4) is 0 Å². The standard InChI is InChI=1S/C15H15FN2O/c1-11(18-15-8-4-13(16)5-9-15)12-2-6-14(7-3-12)17-10-19/h2-11,18H,1H3,(H,17,19). The summed E-state index contributed by atoms with van der Waals surface area (Å²) in [4.78, 5) is 10.3. The highest BCUT2D eigenvalue weighted by molar-refractivity contribution is 5.71. The van der Waals surface area contributed by atoms with E-state index < -0.39 is 0 Å². The fourth-order valence-corrected chi connectivity index (χ4v) is 1.82. The predicted molar refractivity (Wildman–Crippen MR) is 74.6 cm³/mol. The molecule has 2 aromatic rings. The summed E-state index contributed by atoms with van der Waals surface area (Å²) in [7, 11) is 0. The van der Waals surface area contributed by atoms with Crippen molar-refractivity contribution in [2.24, 2.45) is 0 Å². The monoisotopic (exact) mass is 258 g/mol. The van der Waals surface area contributed by atoms with Crippen molar-refractivity contribution in [3.05, 3.63) is 59.9 Å². The van der Waals surface area contributed by atoms with Crippen LogP contribution in [0.2, 0.25) is 0 Å². The van der Waals surface area contributed by atoms with Crippen LogP contribution in [-0.4, -0.2) is 6.41 Å². The normalized spacial score (nSPS) is 11.7. The molecule has 0 saturated heterocycles. The van der Waals surface area contributed by atoms with Gasteiger partial charge in [0.2, 0.25) is 6.41 Å². The molecular formula is C15H15FN2O. The fraction of sp³-hybridized carbons (Fsp3) is 0.133. The third-order valence-electron chi connectivity index (χ3n) is 2.86. The number of benzene rings is 2. The lowest BCUT2D eigenvalue weighted by Crippen LogP contribution is -2.06. The Kier molecular flexibility index (Phi) is 4.13. The van der Waals surface area contributed by atoms with Gasteiger partial charge >= 0.3 is 0 Å². The van der Waals surface area contributed by atoms with Gasteiger partial charge in [0.25, 0.3) is 0 Å². The molecule has 0 aliphatic carbocycles. The second-order valence-corrected chi connectivity index (χ2v) is 4.26. The minimum absolute atomic E-state index is 0.0933. The maximum Gasteiger partial charge on any atom is 0.211 e. The Bertz CT molecular complexity index is 537. The van der Waals surface area contributed by atoms with Crippen LogP contribution in [0.1, 0.15) is 18.5 Å². The highest BCUT2D eigenvalue weighted by atomic mass is 19.1. The van der Waals surface area contributed by atoms with Crippen molar-refractivity contribution in [2.75, 3.05) is 10.6 Å². The average molecular weight is 258 g/mol. The number of hydrogen-bond donors (Lipinski definition) is 2. The molecule has 0 saturated carbocycles. The first-order valence-corrected chi connectivity index (χ1v) is 6.01. The fourth-order valence-electron chi connectivity index (χ4n) is 1.82. The number of carbonyl (C=O) groups is 1. The molecule has 98 valence electrons. The van der Waals surface area contributed by atoms with Gasteiger partial charge in [-0.25, -0.2) is 4.39 Å². The van der Waals surface area contributed by atoms with Crippen LogP contribution >= 0.6 is 0 Å². The van der Waals surface area contributed by atoms with Crippen molar-refractivity contribution in [2.45, 2.75) is 13.0 Å². The van der Waals surface area contributed by atoms with E-state index in [4.69, 9.17) is 0 Å². The van der Waals surface area contributed by atoms with Gasteiger partial charge in [-0.15, -0.1) is 0 Å². The summed E-state index contributed by atoms with van der Waals surface area (Å²) in [5.74, 6) is -0.248. The smallest absolute Gasteiger partial charge is 0.211 e. The molecular weight excluding hydrogens is 243 g/mol. The second kappa shape index (κ2) is 6.00.